The summed E-state index contributed by atoms with van der Waals surface area (Å²) in [7, 11) is -3.15. The SMILES string of the molecule is CCNC(=NCc1nc(C)c(C)s1)NCCNS(C)(=O)=O. The minimum absolute atomic E-state index is 0.318. The van der Waals surface area contributed by atoms with Gasteiger partial charge < -0.3 is 10.6 Å². The molecule has 0 spiro atoms. The summed E-state index contributed by atoms with van der Waals surface area (Å²) in [5.74, 6) is 0.651. The highest BCUT2D eigenvalue weighted by Crippen LogP contribution is 2.16. The van der Waals surface area contributed by atoms with E-state index in [9.17, 15) is 8.42 Å². The third kappa shape index (κ3) is 7.39. The van der Waals surface area contributed by atoms with E-state index in [0.29, 0.717) is 25.6 Å². The summed E-state index contributed by atoms with van der Waals surface area (Å²) >= 11 is 1.64. The predicted octanol–water partition coefficient (Wildman–Crippen LogP) is 0.364. The predicted molar refractivity (Wildman–Crippen MR) is 87.3 cm³/mol. The molecule has 0 aromatic carbocycles. The summed E-state index contributed by atoms with van der Waals surface area (Å²) in [4.78, 5) is 10.1. The van der Waals surface area contributed by atoms with Crippen molar-refractivity contribution >= 4 is 27.3 Å². The van der Waals surface area contributed by atoms with Gasteiger partial charge in [-0.2, -0.15) is 0 Å². The first-order valence-corrected chi connectivity index (χ1v) is 9.42. The van der Waals surface area contributed by atoms with Gasteiger partial charge in [0.15, 0.2) is 5.96 Å². The van der Waals surface area contributed by atoms with Crippen molar-refractivity contribution in [3.05, 3.63) is 15.6 Å². The molecule has 0 saturated heterocycles. The Balaban J connectivity index is 2.49. The molecule has 1 aromatic rings. The number of nitrogens with one attached hydrogen (secondary N) is 3. The van der Waals surface area contributed by atoms with E-state index in [-0.39, 0.29) is 0 Å². The van der Waals surface area contributed by atoms with Crippen LogP contribution in [0.1, 0.15) is 22.5 Å². The molecular formula is C12H23N5O2S2. The summed E-state index contributed by atoms with van der Waals surface area (Å²) in [5, 5.41) is 7.15. The number of guanidine groups is 1. The highest BCUT2D eigenvalue weighted by atomic mass is 32.2. The molecule has 21 heavy (non-hydrogen) atoms. The van der Waals surface area contributed by atoms with Gasteiger partial charge in [-0.25, -0.2) is 23.1 Å². The van der Waals surface area contributed by atoms with Gasteiger partial charge in [0.1, 0.15) is 5.01 Å². The Labute approximate surface area is 130 Å². The molecule has 0 amide bonds. The number of aromatic nitrogens is 1. The van der Waals surface area contributed by atoms with Crippen LogP contribution in [0.25, 0.3) is 0 Å². The molecule has 0 fully saturated rings. The van der Waals surface area contributed by atoms with Crippen LogP contribution in [0.3, 0.4) is 0 Å². The Morgan fingerprint density at radius 3 is 2.52 bits per heavy atom. The second-order valence-corrected chi connectivity index (χ2v) is 7.66. The lowest BCUT2D eigenvalue weighted by Crippen LogP contribution is -2.41. The van der Waals surface area contributed by atoms with Crippen molar-refractivity contribution in [1.29, 1.82) is 0 Å². The van der Waals surface area contributed by atoms with E-state index in [0.717, 1.165) is 23.5 Å². The first-order chi connectivity index (χ1) is 9.81. The number of rotatable bonds is 7. The van der Waals surface area contributed by atoms with Gasteiger partial charge in [-0.3, -0.25) is 0 Å². The van der Waals surface area contributed by atoms with Crippen molar-refractivity contribution in [1.82, 2.24) is 20.3 Å². The molecule has 9 heteroatoms. The van der Waals surface area contributed by atoms with Crippen molar-refractivity contribution < 1.29 is 8.42 Å². The third-order valence-corrected chi connectivity index (χ3v) is 4.36. The second-order valence-electron chi connectivity index (χ2n) is 4.54. The molecule has 0 saturated carbocycles. The third-order valence-electron chi connectivity index (χ3n) is 2.57. The second kappa shape index (κ2) is 8.30. The molecule has 0 aliphatic heterocycles. The van der Waals surface area contributed by atoms with Gasteiger partial charge in [0.2, 0.25) is 10.0 Å². The summed E-state index contributed by atoms with van der Waals surface area (Å²) in [6.45, 7) is 8.03. The molecule has 1 aromatic heterocycles. The van der Waals surface area contributed by atoms with Crippen LogP contribution >= 0.6 is 11.3 Å². The van der Waals surface area contributed by atoms with Gasteiger partial charge in [-0.15, -0.1) is 11.3 Å². The van der Waals surface area contributed by atoms with Crippen molar-refractivity contribution in [3.63, 3.8) is 0 Å². The van der Waals surface area contributed by atoms with E-state index in [1.54, 1.807) is 11.3 Å². The highest BCUT2D eigenvalue weighted by Gasteiger charge is 2.04. The molecular weight excluding hydrogens is 310 g/mol. The Hall–Kier alpha value is -1.19. The smallest absolute Gasteiger partial charge is 0.208 e. The number of sulfonamides is 1. The first kappa shape index (κ1) is 17.9. The maximum absolute atomic E-state index is 11.0. The summed E-state index contributed by atoms with van der Waals surface area (Å²) < 4.78 is 24.3. The minimum Gasteiger partial charge on any atom is -0.357 e. The number of aryl methyl sites for hydroxylation is 2. The summed E-state index contributed by atoms with van der Waals surface area (Å²) in [6.07, 6.45) is 1.14. The maximum atomic E-state index is 11.0. The standard InChI is InChI=1S/C12H23N5O2S2/c1-5-13-12(14-6-7-16-21(4,18)19)15-8-11-17-9(2)10(3)20-11/h16H,5-8H2,1-4H3,(H2,13,14,15). The minimum atomic E-state index is -3.15. The molecule has 3 N–H and O–H groups in total. The van der Waals surface area contributed by atoms with Gasteiger partial charge in [-0.1, -0.05) is 0 Å². The van der Waals surface area contributed by atoms with Crippen LogP contribution in [0.15, 0.2) is 4.99 Å². The lowest BCUT2D eigenvalue weighted by molar-refractivity contribution is 0.586. The van der Waals surface area contributed by atoms with Crippen LogP contribution in [0.4, 0.5) is 0 Å². The average Bonchev–Trinajstić information content (AvgIpc) is 2.70. The molecule has 0 unspecified atom stereocenters. The fourth-order valence-electron chi connectivity index (χ4n) is 1.51. The monoisotopic (exact) mass is 333 g/mol. The number of nitrogens with zero attached hydrogens (tertiary/aromatic N) is 2. The first-order valence-electron chi connectivity index (χ1n) is 6.71. The Morgan fingerprint density at radius 2 is 2.00 bits per heavy atom. The van der Waals surface area contributed by atoms with Crippen LogP contribution in [-0.2, 0) is 16.6 Å². The van der Waals surface area contributed by atoms with E-state index in [1.807, 2.05) is 20.8 Å². The molecule has 0 aliphatic carbocycles. The number of hydrogen-bond acceptors (Lipinski definition) is 5. The van der Waals surface area contributed by atoms with Gasteiger partial charge in [-0.05, 0) is 20.8 Å². The van der Waals surface area contributed by atoms with Crippen molar-refractivity contribution in [3.8, 4) is 0 Å². The molecule has 0 radical (unpaired) electrons. The molecule has 0 aliphatic rings. The number of thiazole rings is 1. The van der Waals surface area contributed by atoms with Crippen molar-refractivity contribution in [2.24, 2.45) is 4.99 Å². The fraction of sp³-hybridized carbons (Fsp3) is 0.667. The van der Waals surface area contributed by atoms with E-state index < -0.39 is 10.0 Å². The summed E-state index contributed by atoms with van der Waals surface area (Å²) in [5.41, 5.74) is 1.04. The van der Waals surface area contributed by atoms with Crippen LogP contribution in [0.2, 0.25) is 0 Å². The van der Waals surface area contributed by atoms with Crippen LogP contribution in [0, 0.1) is 13.8 Å². The number of hydrogen-bond donors (Lipinski definition) is 3. The molecule has 1 heterocycles. The highest BCUT2D eigenvalue weighted by molar-refractivity contribution is 7.88. The largest absolute Gasteiger partial charge is 0.357 e. The summed E-state index contributed by atoms with van der Waals surface area (Å²) in [6, 6.07) is 0. The maximum Gasteiger partial charge on any atom is 0.208 e. The van der Waals surface area contributed by atoms with E-state index in [2.05, 4.69) is 25.3 Å². The van der Waals surface area contributed by atoms with E-state index >= 15 is 0 Å². The van der Waals surface area contributed by atoms with E-state index in [4.69, 9.17) is 0 Å². The molecule has 0 bridgehead atoms. The molecule has 120 valence electrons. The van der Waals surface area contributed by atoms with Crippen LogP contribution in [-0.4, -0.2) is 45.3 Å². The van der Waals surface area contributed by atoms with Crippen molar-refractivity contribution in [2.45, 2.75) is 27.3 Å². The van der Waals surface area contributed by atoms with E-state index in [1.165, 1.54) is 4.88 Å². The molecule has 7 nitrogen and oxygen atoms in total. The Kier molecular flexibility index (Phi) is 7.06. The lowest BCUT2D eigenvalue weighted by Gasteiger charge is -2.10. The topological polar surface area (TPSA) is 95.5 Å². The van der Waals surface area contributed by atoms with Gasteiger partial charge >= 0.3 is 0 Å². The Morgan fingerprint density at radius 1 is 1.29 bits per heavy atom. The normalized spacial score (nSPS) is 12.5. The molecule has 0 atom stereocenters. The number of aliphatic imine (C=N–C) groups is 1. The quantitative estimate of drug-likeness (QED) is 0.380. The average molecular weight is 333 g/mol. The zero-order chi connectivity index (χ0) is 15.9. The lowest BCUT2D eigenvalue weighted by atomic mass is 10.4. The zero-order valence-electron chi connectivity index (χ0n) is 12.9. The van der Waals surface area contributed by atoms with Gasteiger partial charge in [0, 0.05) is 24.5 Å². The molecule has 1 rings (SSSR count). The van der Waals surface area contributed by atoms with Gasteiger partial charge in [0.25, 0.3) is 0 Å². The Bertz CT molecular complexity index is 561. The van der Waals surface area contributed by atoms with Crippen molar-refractivity contribution in [2.75, 3.05) is 25.9 Å². The van der Waals surface area contributed by atoms with Gasteiger partial charge in [0.05, 0.1) is 18.5 Å². The van der Waals surface area contributed by atoms with Crippen LogP contribution in [0.5, 0.6) is 0 Å². The fourth-order valence-corrected chi connectivity index (χ4v) is 2.84. The van der Waals surface area contributed by atoms with Crippen LogP contribution < -0.4 is 15.4 Å². The zero-order valence-corrected chi connectivity index (χ0v) is 14.5.